The molecule has 1 heterocycles. The number of piperazine rings is 1. The van der Waals surface area contributed by atoms with Crippen LogP contribution in [-0.2, 0) is 14.8 Å². The second-order valence-electron chi connectivity index (χ2n) is 5.23. The van der Waals surface area contributed by atoms with Gasteiger partial charge in [-0.2, -0.15) is 4.31 Å². The van der Waals surface area contributed by atoms with Gasteiger partial charge in [0.05, 0.1) is 25.3 Å². The van der Waals surface area contributed by atoms with Gasteiger partial charge in [0, 0.05) is 32.2 Å². The van der Waals surface area contributed by atoms with Gasteiger partial charge in [-0.3, -0.25) is 0 Å². The Hall–Kier alpha value is -1.52. The van der Waals surface area contributed by atoms with Crippen LogP contribution in [0, 0.1) is 0 Å². The van der Waals surface area contributed by atoms with Gasteiger partial charge in [-0.05, 0) is 28.9 Å². The molecule has 0 radical (unpaired) electrons. The lowest BCUT2D eigenvalue weighted by molar-refractivity contribution is 0.0934. The van der Waals surface area contributed by atoms with Crippen LogP contribution in [0.4, 0.5) is 4.79 Å². The molecule has 0 N–H and O–H groups in total. The zero-order valence-corrected chi connectivity index (χ0v) is 16.7. The maximum Gasteiger partial charge on any atom is 0.409 e. The number of hydrogen-bond acceptors (Lipinski definition) is 6. The minimum absolute atomic E-state index is 0.0274. The Morgan fingerprint density at radius 1 is 1.12 bits per heavy atom. The van der Waals surface area contributed by atoms with Gasteiger partial charge in [0.1, 0.15) is 16.4 Å². The number of benzene rings is 1. The molecule has 1 aromatic rings. The lowest BCUT2D eigenvalue weighted by Crippen LogP contribution is -2.50. The number of ether oxygens (including phenoxy) is 3. The van der Waals surface area contributed by atoms with Crippen molar-refractivity contribution < 1.29 is 27.4 Å². The first-order valence-electron chi connectivity index (χ1n) is 7.68. The maximum atomic E-state index is 13.0. The van der Waals surface area contributed by atoms with Crippen molar-refractivity contribution in [2.45, 2.75) is 11.8 Å². The van der Waals surface area contributed by atoms with Gasteiger partial charge in [-0.1, -0.05) is 0 Å². The molecule has 140 valence electrons. The van der Waals surface area contributed by atoms with E-state index >= 15 is 0 Å². The molecule has 0 unspecified atom stereocenters. The molecule has 25 heavy (non-hydrogen) atoms. The number of carbonyl (C=O) groups is 1. The van der Waals surface area contributed by atoms with Crippen LogP contribution in [0.15, 0.2) is 21.5 Å². The van der Waals surface area contributed by atoms with Gasteiger partial charge >= 0.3 is 6.09 Å². The average molecular weight is 437 g/mol. The largest absolute Gasteiger partial charge is 0.496 e. The van der Waals surface area contributed by atoms with E-state index < -0.39 is 16.1 Å². The highest BCUT2D eigenvalue weighted by molar-refractivity contribution is 9.10. The van der Waals surface area contributed by atoms with Crippen LogP contribution in [0.5, 0.6) is 11.5 Å². The smallest absolute Gasteiger partial charge is 0.409 e. The molecule has 0 aliphatic carbocycles. The highest BCUT2D eigenvalue weighted by Crippen LogP contribution is 2.36. The van der Waals surface area contributed by atoms with Crippen LogP contribution in [0.2, 0.25) is 0 Å². The van der Waals surface area contributed by atoms with Gasteiger partial charge in [-0.15, -0.1) is 0 Å². The Morgan fingerprint density at radius 3 is 2.24 bits per heavy atom. The number of nitrogens with zero attached hydrogens (tertiary/aromatic N) is 2. The van der Waals surface area contributed by atoms with E-state index in [2.05, 4.69) is 15.9 Å². The van der Waals surface area contributed by atoms with E-state index in [1.54, 1.807) is 13.0 Å². The van der Waals surface area contributed by atoms with Crippen molar-refractivity contribution in [2.24, 2.45) is 0 Å². The zero-order valence-electron chi connectivity index (χ0n) is 14.3. The van der Waals surface area contributed by atoms with E-state index in [0.29, 0.717) is 10.2 Å². The van der Waals surface area contributed by atoms with E-state index in [1.165, 1.54) is 29.5 Å². The van der Waals surface area contributed by atoms with Crippen LogP contribution < -0.4 is 9.47 Å². The van der Waals surface area contributed by atoms with Gasteiger partial charge in [0.2, 0.25) is 10.0 Å². The van der Waals surface area contributed by atoms with Crippen molar-refractivity contribution in [2.75, 3.05) is 47.0 Å². The predicted molar refractivity (Wildman–Crippen MR) is 94.6 cm³/mol. The van der Waals surface area contributed by atoms with Gasteiger partial charge < -0.3 is 19.1 Å². The van der Waals surface area contributed by atoms with Crippen LogP contribution in [-0.4, -0.2) is 70.7 Å². The summed E-state index contributed by atoms with van der Waals surface area (Å²) in [4.78, 5) is 13.3. The fourth-order valence-corrected chi connectivity index (χ4v) is 4.56. The van der Waals surface area contributed by atoms with Crippen LogP contribution in [0.1, 0.15) is 6.92 Å². The standard InChI is InChI=1S/C15H21BrN2O6S/c1-4-24-15(19)17-5-7-18(8-6-17)25(20,21)14-10-12(22-2)11(16)9-13(14)23-3/h9-10H,4-8H2,1-3H3. The monoisotopic (exact) mass is 436 g/mol. The molecular weight excluding hydrogens is 416 g/mol. The van der Waals surface area contributed by atoms with Crippen molar-refractivity contribution in [3.05, 3.63) is 16.6 Å². The third-order valence-corrected chi connectivity index (χ3v) is 6.36. The third-order valence-electron chi connectivity index (χ3n) is 3.82. The SMILES string of the molecule is CCOC(=O)N1CCN(S(=O)(=O)c2cc(OC)c(Br)cc2OC)CC1. The summed E-state index contributed by atoms with van der Waals surface area (Å²) in [6, 6.07) is 2.98. The van der Waals surface area contributed by atoms with Gasteiger partial charge in [0.15, 0.2) is 0 Å². The molecule has 2 rings (SSSR count). The van der Waals surface area contributed by atoms with Crippen molar-refractivity contribution in [1.82, 2.24) is 9.21 Å². The summed E-state index contributed by atoms with van der Waals surface area (Å²) in [7, 11) is -0.919. The van der Waals surface area contributed by atoms with Crippen LogP contribution in [0.3, 0.4) is 0 Å². The second kappa shape index (κ2) is 8.24. The summed E-state index contributed by atoms with van der Waals surface area (Å²) < 4.78 is 43.3. The highest BCUT2D eigenvalue weighted by Gasteiger charge is 2.33. The molecule has 1 amide bonds. The summed E-state index contributed by atoms with van der Waals surface area (Å²) in [5.41, 5.74) is 0. The molecule has 0 atom stereocenters. The molecule has 1 aliphatic rings. The summed E-state index contributed by atoms with van der Waals surface area (Å²) >= 11 is 3.31. The quantitative estimate of drug-likeness (QED) is 0.700. The number of methoxy groups -OCH3 is 2. The van der Waals surface area contributed by atoms with Crippen molar-refractivity contribution in [3.63, 3.8) is 0 Å². The maximum absolute atomic E-state index is 13.0. The first-order chi connectivity index (χ1) is 11.8. The second-order valence-corrected chi connectivity index (χ2v) is 7.99. The first kappa shape index (κ1) is 19.8. The molecule has 1 fully saturated rings. The number of amides is 1. The molecule has 1 saturated heterocycles. The Kier molecular flexibility index (Phi) is 6.53. The summed E-state index contributed by atoms with van der Waals surface area (Å²) in [6.07, 6.45) is -0.428. The summed E-state index contributed by atoms with van der Waals surface area (Å²) in [5, 5.41) is 0. The molecule has 0 saturated carbocycles. The number of hydrogen-bond donors (Lipinski definition) is 0. The number of sulfonamides is 1. The fourth-order valence-electron chi connectivity index (χ4n) is 2.50. The van der Waals surface area contributed by atoms with Crippen molar-refractivity contribution in [1.29, 1.82) is 0 Å². The Labute approximate surface area is 155 Å². The lowest BCUT2D eigenvalue weighted by atomic mass is 10.3. The first-order valence-corrected chi connectivity index (χ1v) is 9.91. The molecule has 8 nitrogen and oxygen atoms in total. The molecule has 10 heteroatoms. The molecule has 1 aromatic carbocycles. The number of carbonyl (C=O) groups excluding carboxylic acids is 1. The molecule has 0 bridgehead atoms. The van der Waals surface area contributed by atoms with E-state index in [4.69, 9.17) is 14.2 Å². The summed E-state index contributed by atoms with van der Waals surface area (Å²) in [5.74, 6) is 0.616. The molecule has 0 aromatic heterocycles. The van der Waals surface area contributed by atoms with E-state index in [0.717, 1.165) is 0 Å². The topological polar surface area (TPSA) is 85.4 Å². The van der Waals surface area contributed by atoms with E-state index in [9.17, 15) is 13.2 Å². The average Bonchev–Trinajstić information content (AvgIpc) is 2.61. The number of halogens is 1. The summed E-state index contributed by atoms with van der Waals surface area (Å²) in [6.45, 7) is 2.92. The van der Waals surface area contributed by atoms with Gasteiger partial charge in [-0.25, -0.2) is 13.2 Å². The Bertz CT molecular complexity index is 732. The molecule has 0 spiro atoms. The Morgan fingerprint density at radius 2 is 1.72 bits per heavy atom. The predicted octanol–water partition coefficient (Wildman–Crippen LogP) is 1.93. The number of rotatable bonds is 5. The minimum atomic E-state index is -3.79. The Balaban J connectivity index is 2.24. The van der Waals surface area contributed by atoms with Gasteiger partial charge in [0.25, 0.3) is 0 Å². The molecule has 1 aliphatic heterocycles. The molecular formula is C15H21BrN2O6S. The van der Waals surface area contributed by atoms with E-state index in [-0.39, 0.29) is 43.4 Å². The highest BCUT2D eigenvalue weighted by atomic mass is 79.9. The van der Waals surface area contributed by atoms with E-state index in [1.807, 2.05) is 0 Å². The lowest BCUT2D eigenvalue weighted by Gasteiger charge is -2.33. The third kappa shape index (κ3) is 4.18. The van der Waals surface area contributed by atoms with Crippen LogP contribution >= 0.6 is 15.9 Å². The fraction of sp³-hybridized carbons (Fsp3) is 0.533. The van der Waals surface area contributed by atoms with Crippen molar-refractivity contribution >= 4 is 32.0 Å². The zero-order chi connectivity index (χ0) is 18.6. The minimum Gasteiger partial charge on any atom is -0.496 e. The normalized spacial score (nSPS) is 15.8. The van der Waals surface area contributed by atoms with Crippen LogP contribution in [0.25, 0.3) is 0 Å². The van der Waals surface area contributed by atoms with Crippen molar-refractivity contribution in [3.8, 4) is 11.5 Å².